The van der Waals surface area contributed by atoms with Crippen molar-refractivity contribution in [2.24, 2.45) is 0 Å². The van der Waals surface area contributed by atoms with Crippen molar-refractivity contribution < 1.29 is 4.21 Å². The topological polar surface area (TPSA) is 86.7 Å². The Bertz CT molecular complexity index is 590. The fourth-order valence-electron chi connectivity index (χ4n) is 1.82. The standard InChI is InChI=1S/C12H17N5OS/c1-8-4-10(6-11(13)5-8)12-14-15-16-17(12)7-9(2)19(3)18/h4-6,9H,7,13H2,1-3H3. The summed E-state index contributed by atoms with van der Waals surface area (Å²) in [5.41, 5.74) is 8.44. The molecular formula is C12H17N5OS. The van der Waals surface area contributed by atoms with Crippen molar-refractivity contribution in [1.82, 2.24) is 20.2 Å². The van der Waals surface area contributed by atoms with Crippen LogP contribution in [0.5, 0.6) is 0 Å². The van der Waals surface area contributed by atoms with E-state index in [0.717, 1.165) is 11.1 Å². The van der Waals surface area contributed by atoms with Gasteiger partial charge >= 0.3 is 0 Å². The van der Waals surface area contributed by atoms with E-state index in [-0.39, 0.29) is 5.25 Å². The Morgan fingerprint density at radius 1 is 1.42 bits per heavy atom. The van der Waals surface area contributed by atoms with E-state index < -0.39 is 10.8 Å². The maximum atomic E-state index is 11.4. The summed E-state index contributed by atoms with van der Waals surface area (Å²) < 4.78 is 13.1. The Morgan fingerprint density at radius 3 is 2.79 bits per heavy atom. The first-order chi connectivity index (χ1) is 8.97. The van der Waals surface area contributed by atoms with Gasteiger partial charge in [0.2, 0.25) is 0 Å². The van der Waals surface area contributed by atoms with Gasteiger partial charge in [0.1, 0.15) is 0 Å². The Morgan fingerprint density at radius 2 is 2.16 bits per heavy atom. The molecule has 6 nitrogen and oxygen atoms in total. The van der Waals surface area contributed by atoms with Gasteiger partial charge < -0.3 is 5.73 Å². The molecule has 2 atom stereocenters. The number of rotatable bonds is 4. The highest BCUT2D eigenvalue weighted by molar-refractivity contribution is 7.84. The zero-order chi connectivity index (χ0) is 14.0. The molecule has 2 unspecified atom stereocenters. The summed E-state index contributed by atoms with van der Waals surface area (Å²) in [6, 6.07) is 5.70. The molecule has 0 saturated heterocycles. The van der Waals surface area contributed by atoms with Gasteiger partial charge in [-0.1, -0.05) is 0 Å². The summed E-state index contributed by atoms with van der Waals surface area (Å²) in [6.45, 7) is 4.39. The third-order valence-corrected chi connectivity index (χ3v) is 4.17. The molecule has 0 spiro atoms. The molecule has 0 aliphatic rings. The largest absolute Gasteiger partial charge is 0.399 e. The summed E-state index contributed by atoms with van der Waals surface area (Å²) in [6.07, 6.45) is 1.68. The normalized spacial score (nSPS) is 14.3. The fourth-order valence-corrected chi connectivity index (χ4v) is 2.18. The minimum Gasteiger partial charge on any atom is -0.399 e. The first-order valence-corrected chi connectivity index (χ1v) is 7.55. The van der Waals surface area contributed by atoms with E-state index in [4.69, 9.17) is 5.73 Å². The quantitative estimate of drug-likeness (QED) is 0.844. The second kappa shape index (κ2) is 5.48. The Kier molecular flexibility index (Phi) is 3.94. The van der Waals surface area contributed by atoms with Gasteiger partial charge in [-0.05, 0) is 48.0 Å². The van der Waals surface area contributed by atoms with Crippen LogP contribution in [0.2, 0.25) is 0 Å². The van der Waals surface area contributed by atoms with E-state index in [1.807, 2.05) is 32.0 Å². The average Bonchev–Trinajstić information content (AvgIpc) is 2.75. The van der Waals surface area contributed by atoms with Crippen LogP contribution in [0.4, 0.5) is 5.69 Å². The molecule has 1 aromatic carbocycles. The number of tetrazole rings is 1. The number of aryl methyl sites for hydroxylation is 1. The first kappa shape index (κ1) is 13.7. The molecule has 0 fully saturated rings. The lowest BCUT2D eigenvalue weighted by Gasteiger charge is -2.10. The molecule has 2 N–H and O–H groups in total. The lowest BCUT2D eigenvalue weighted by molar-refractivity contribution is 0.579. The Balaban J connectivity index is 2.36. The van der Waals surface area contributed by atoms with Crippen LogP contribution in [-0.2, 0) is 17.3 Å². The van der Waals surface area contributed by atoms with Gasteiger partial charge in [-0.15, -0.1) is 5.10 Å². The molecule has 0 radical (unpaired) electrons. The van der Waals surface area contributed by atoms with Crippen LogP contribution in [0.1, 0.15) is 12.5 Å². The van der Waals surface area contributed by atoms with Gasteiger partial charge in [-0.25, -0.2) is 4.68 Å². The van der Waals surface area contributed by atoms with Crippen LogP contribution in [0.15, 0.2) is 18.2 Å². The van der Waals surface area contributed by atoms with Gasteiger partial charge in [0.15, 0.2) is 5.82 Å². The van der Waals surface area contributed by atoms with Crippen LogP contribution in [-0.4, -0.2) is 35.9 Å². The van der Waals surface area contributed by atoms with E-state index in [9.17, 15) is 4.21 Å². The van der Waals surface area contributed by atoms with Crippen molar-refractivity contribution in [3.63, 3.8) is 0 Å². The van der Waals surface area contributed by atoms with Crippen molar-refractivity contribution in [3.05, 3.63) is 23.8 Å². The molecule has 1 heterocycles. The summed E-state index contributed by atoms with van der Waals surface area (Å²) in [5, 5.41) is 11.7. The predicted molar refractivity (Wildman–Crippen MR) is 75.9 cm³/mol. The monoisotopic (exact) mass is 279 g/mol. The molecule has 0 aliphatic heterocycles. The van der Waals surface area contributed by atoms with Crippen molar-refractivity contribution in [1.29, 1.82) is 0 Å². The van der Waals surface area contributed by atoms with Crippen LogP contribution in [0, 0.1) is 6.92 Å². The number of aromatic nitrogens is 4. The second-order valence-corrected chi connectivity index (χ2v) is 6.43. The number of anilines is 1. The average molecular weight is 279 g/mol. The van der Waals surface area contributed by atoms with Crippen LogP contribution in [0.25, 0.3) is 11.4 Å². The molecule has 0 bridgehead atoms. The lowest BCUT2D eigenvalue weighted by Crippen LogP contribution is -2.19. The van der Waals surface area contributed by atoms with Gasteiger partial charge in [0, 0.05) is 28.3 Å². The number of hydrogen-bond acceptors (Lipinski definition) is 5. The number of benzene rings is 1. The molecule has 1 aromatic heterocycles. The zero-order valence-corrected chi connectivity index (χ0v) is 12.0. The van der Waals surface area contributed by atoms with Crippen molar-refractivity contribution >= 4 is 16.5 Å². The fraction of sp³-hybridized carbons (Fsp3) is 0.417. The Labute approximate surface area is 114 Å². The predicted octanol–water partition coefficient (Wildman–Crippen LogP) is 0.998. The summed E-state index contributed by atoms with van der Waals surface area (Å²) >= 11 is 0. The SMILES string of the molecule is Cc1cc(N)cc(-c2nnnn2CC(C)S(C)=O)c1. The zero-order valence-electron chi connectivity index (χ0n) is 11.2. The lowest BCUT2D eigenvalue weighted by atomic mass is 10.1. The molecule has 2 aromatic rings. The van der Waals surface area contributed by atoms with Crippen molar-refractivity contribution in [2.75, 3.05) is 12.0 Å². The summed E-state index contributed by atoms with van der Waals surface area (Å²) in [4.78, 5) is 0. The Hall–Kier alpha value is -1.76. The van der Waals surface area contributed by atoms with Gasteiger partial charge in [0.05, 0.1) is 11.8 Å². The van der Waals surface area contributed by atoms with Crippen LogP contribution >= 0.6 is 0 Å². The summed E-state index contributed by atoms with van der Waals surface area (Å²) in [7, 11) is -0.909. The van der Waals surface area contributed by atoms with E-state index in [1.54, 1.807) is 10.9 Å². The van der Waals surface area contributed by atoms with Crippen molar-refractivity contribution in [3.8, 4) is 11.4 Å². The smallest absolute Gasteiger partial charge is 0.182 e. The molecule has 2 rings (SSSR count). The molecule has 0 amide bonds. The van der Waals surface area contributed by atoms with Gasteiger partial charge in [-0.2, -0.15) is 0 Å². The van der Waals surface area contributed by atoms with Gasteiger partial charge in [0.25, 0.3) is 0 Å². The number of nitrogens with zero attached hydrogens (tertiary/aromatic N) is 4. The van der Waals surface area contributed by atoms with E-state index in [0.29, 0.717) is 18.1 Å². The van der Waals surface area contributed by atoms with E-state index in [2.05, 4.69) is 15.5 Å². The minimum absolute atomic E-state index is 0.00981. The molecule has 0 aliphatic carbocycles. The second-order valence-electron chi connectivity index (χ2n) is 4.63. The van der Waals surface area contributed by atoms with E-state index >= 15 is 0 Å². The van der Waals surface area contributed by atoms with Crippen LogP contribution < -0.4 is 5.73 Å². The van der Waals surface area contributed by atoms with E-state index in [1.165, 1.54) is 0 Å². The maximum absolute atomic E-state index is 11.4. The highest BCUT2D eigenvalue weighted by Crippen LogP contribution is 2.21. The van der Waals surface area contributed by atoms with Crippen molar-refractivity contribution in [2.45, 2.75) is 25.6 Å². The maximum Gasteiger partial charge on any atom is 0.182 e. The molecule has 102 valence electrons. The molecule has 19 heavy (non-hydrogen) atoms. The highest BCUT2D eigenvalue weighted by Gasteiger charge is 2.14. The molecule has 0 saturated carbocycles. The van der Waals surface area contributed by atoms with Crippen LogP contribution in [0.3, 0.4) is 0 Å². The third-order valence-electron chi connectivity index (χ3n) is 2.89. The number of nitrogens with two attached hydrogens (primary N) is 1. The minimum atomic E-state index is -0.909. The number of hydrogen-bond donors (Lipinski definition) is 1. The summed E-state index contributed by atoms with van der Waals surface area (Å²) in [5.74, 6) is 0.646. The number of nitrogen functional groups attached to an aromatic ring is 1. The third kappa shape index (κ3) is 3.17. The van der Waals surface area contributed by atoms with Gasteiger partial charge in [-0.3, -0.25) is 4.21 Å². The molecule has 7 heteroatoms. The molecular weight excluding hydrogens is 262 g/mol. The first-order valence-electron chi connectivity index (χ1n) is 5.93. The highest BCUT2D eigenvalue weighted by atomic mass is 32.2.